The number of rotatable bonds is 5. The Kier molecular flexibility index (Phi) is 8.16. The van der Waals surface area contributed by atoms with Crippen LogP contribution in [0, 0.1) is 12.7 Å². The molecule has 4 rings (SSSR count). The van der Waals surface area contributed by atoms with Crippen LogP contribution in [0.4, 0.5) is 10.2 Å². The number of halogens is 1. The van der Waals surface area contributed by atoms with Crippen molar-refractivity contribution in [1.29, 1.82) is 0 Å². The normalized spacial score (nSPS) is 25.1. The van der Waals surface area contributed by atoms with Crippen molar-refractivity contribution in [3.63, 3.8) is 0 Å². The van der Waals surface area contributed by atoms with Gasteiger partial charge >= 0.3 is 11.4 Å². The molecule has 5 N–H and O–H groups in total. The maximum Gasteiger partial charge on any atom is 0.352 e. The number of nitrogens with zero attached hydrogens (tertiary/aromatic N) is 6. The number of nitrogens with one attached hydrogen (secondary N) is 1. The van der Waals surface area contributed by atoms with E-state index in [2.05, 4.69) is 20.0 Å². The largest absolute Gasteiger partial charge is 0.394 e. The second kappa shape index (κ2) is 11.1. The molecular weight excluding hydrogens is 471 g/mol. The monoisotopic (exact) mass is 494 g/mol. The molecule has 1 fully saturated rings. The average Bonchev–Trinajstić information content (AvgIpc) is 3.46. The molecule has 2 aliphatic heterocycles. The van der Waals surface area contributed by atoms with Crippen LogP contribution in [-0.4, -0.2) is 60.8 Å². The number of aromatic amines is 1. The summed E-state index contributed by atoms with van der Waals surface area (Å²) in [6, 6.07) is -0.542. The fourth-order valence-electron chi connectivity index (χ4n) is 3.43. The average molecular weight is 494 g/mol. The van der Waals surface area contributed by atoms with Crippen LogP contribution in [0.5, 0.6) is 0 Å². The lowest BCUT2D eigenvalue weighted by molar-refractivity contribution is -0.0271. The van der Waals surface area contributed by atoms with Crippen LogP contribution < -0.4 is 22.7 Å². The second-order valence-electron chi connectivity index (χ2n) is 7.59. The highest BCUT2D eigenvalue weighted by Gasteiger charge is 2.35. The van der Waals surface area contributed by atoms with Gasteiger partial charge in [0.2, 0.25) is 0 Å². The van der Waals surface area contributed by atoms with E-state index in [4.69, 9.17) is 31.0 Å². The zero-order valence-corrected chi connectivity index (χ0v) is 18.4. The van der Waals surface area contributed by atoms with Crippen molar-refractivity contribution in [3.05, 3.63) is 77.7 Å². The van der Waals surface area contributed by atoms with Gasteiger partial charge < -0.3 is 25.4 Å². The number of H-pyrrole nitrogens is 1. The van der Waals surface area contributed by atoms with E-state index in [0.29, 0.717) is 5.56 Å². The number of anilines is 1. The maximum absolute atomic E-state index is 13.1. The molecule has 188 valence electrons. The number of nitrogen functional groups attached to an aromatic ring is 1. The molecule has 0 radical (unpaired) electrons. The number of nitrogens with two attached hydrogens (primary N) is 1. The number of azide groups is 1. The molecular formula is C19H23FN8O7. The summed E-state index contributed by atoms with van der Waals surface area (Å²) in [5.41, 5.74) is 12.2. The molecule has 0 unspecified atom stereocenters. The molecule has 0 saturated carbocycles. The van der Waals surface area contributed by atoms with Gasteiger partial charge in [-0.25, -0.2) is 14.0 Å². The SMILES string of the molecule is Cc1cn([C@H]2C[C@H](N=[N+]=[N-])[C@@H](CO)O2)c(=O)[nH]c1=O.Nc1nc(=O)n([C@@H]2C=C[C@H](CO)O2)cc1F. The smallest absolute Gasteiger partial charge is 0.352 e. The van der Waals surface area contributed by atoms with Gasteiger partial charge in [0.25, 0.3) is 5.56 Å². The predicted molar refractivity (Wildman–Crippen MR) is 118 cm³/mol. The lowest BCUT2D eigenvalue weighted by Crippen LogP contribution is -2.33. The van der Waals surface area contributed by atoms with Crippen LogP contribution in [0.2, 0.25) is 0 Å². The third-order valence-electron chi connectivity index (χ3n) is 5.23. The Labute approximate surface area is 195 Å². The Balaban J connectivity index is 0.000000198. The van der Waals surface area contributed by atoms with Gasteiger partial charge in [0.05, 0.1) is 31.6 Å². The summed E-state index contributed by atoms with van der Waals surface area (Å²) in [4.78, 5) is 42.5. The summed E-state index contributed by atoms with van der Waals surface area (Å²) < 4.78 is 26.0. The topological polar surface area (TPSA) is 223 Å². The molecule has 0 bridgehead atoms. The Hall–Kier alpha value is -3.82. The number of aliphatic hydroxyl groups excluding tert-OH is 2. The van der Waals surface area contributed by atoms with Gasteiger partial charge in [0.1, 0.15) is 12.3 Å². The summed E-state index contributed by atoms with van der Waals surface area (Å²) >= 11 is 0. The minimum absolute atomic E-state index is 0.202. The van der Waals surface area contributed by atoms with Crippen molar-refractivity contribution < 1.29 is 24.1 Å². The van der Waals surface area contributed by atoms with Gasteiger partial charge in [0, 0.05) is 23.1 Å². The fourth-order valence-corrected chi connectivity index (χ4v) is 3.43. The predicted octanol–water partition coefficient (Wildman–Crippen LogP) is -0.786. The molecule has 0 spiro atoms. The van der Waals surface area contributed by atoms with Gasteiger partial charge in [-0.15, -0.1) is 0 Å². The molecule has 0 amide bonds. The van der Waals surface area contributed by atoms with Crippen LogP contribution in [0.15, 0.2) is 44.0 Å². The van der Waals surface area contributed by atoms with Gasteiger partial charge in [-0.2, -0.15) is 4.98 Å². The summed E-state index contributed by atoms with van der Waals surface area (Å²) in [7, 11) is 0. The molecule has 4 heterocycles. The van der Waals surface area contributed by atoms with Crippen molar-refractivity contribution in [2.45, 2.75) is 44.1 Å². The van der Waals surface area contributed by atoms with E-state index >= 15 is 0 Å². The van der Waals surface area contributed by atoms with Crippen molar-refractivity contribution in [2.24, 2.45) is 5.11 Å². The van der Waals surface area contributed by atoms with Crippen molar-refractivity contribution in [1.82, 2.24) is 19.1 Å². The lowest BCUT2D eigenvalue weighted by Gasteiger charge is -2.14. The number of hydrogen-bond donors (Lipinski definition) is 4. The fraction of sp³-hybridized carbons (Fsp3) is 0.474. The first-order chi connectivity index (χ1) is 16.7. The van der Waals surface area contributed by atoms with E-state index in [1.165, 1.54) is 10.8 Å². The van der Waals surface area contributed by atoms with Gasteiger partial charge in [-0.3, -0.25) is 18.9 Å². The molecule has 2 aromatic rings. The Bertz CT molecular complexity index is 1320. The van der Waals surface area contributed by atoms with E-state index in [0.717, 1.165) is 10.8 Å². The molecule has 0 aromatic carbocycles. The molecule has 0 aliphatic carbocycles. The lowest BCUT2D eigenvalue weighted by atomic mass is 10.1. The summed E-state index contributed by atoms with van der Waals surface area (Å²) in [6.07, 6.45) is 3.14. The highest BCUT2D eigenvalue weighted by atomic mass is 19.1. The molecule has 2 aliphatic rings. The van der Waals surface area contributed by atoms with Crippen molar-refractivity contribution in [2.75, 3.05) is 18.9 Å². The first kappa shape index (κ1) is 25.8. The standard InChI is InChI=1S/C10H13N5O4.C9H10FN3O3/c1-5-3-15(10(18)12-9(5)17)8-2-6(13-14-11)7(4-16)19-8;10-6-3-13(9(15)12-8(6)11)7-2-1-5(4-14)16-7/h3,6-8,16H,2,4H2,1H3,(H,12,17,18);1-3,5,7,14H,4H2,(H2,11,12,15)/t6-,7+,8+;5-,7+/m01/s1. The van der Waals surface area contributed by atoms with E-state index < -0.39 is 59.3 Å². The van der Waals surface area contributed by atoms with E-state index in [1.807, 2.05) is 0 Å². The molecule has 16 heteroatoms. The van der Waals surface area contributed by atoms with Crippen LogP contribution in [0.1, 0.15) is 24.4 Å². The maximum atomic E-state index is 13.1. The highest BCUT2D eigenvalue weighted by Crippen LogP contribution is 2.29. The van der Waals surface area contributed by atoms with Crippen LogP contribution in [0.3, 0.4) is 0 Å². The first-order valence-corrected chi connectivity index (χ1v) is 10.3. The van der Waals surface area contributed by atoms with Crippen LogP contribution in [0.25, 0.3) is 10.4 Å². The molecule has 5 atom stereocenters. The van der Waals surface area contributed by atoms with E-state index in [9.17, 15) is 18.8 Å². The number of aliphatic hydroxyl groups is 2. The molecule has 1 saturated heterocycles. The zero-order chi connectivity index (χ0) is 25.7. The van der Waals surface area contributed by atoms with E-state index in [-0.39, 0.29) is 19.6 Å². The third-order valence-corrected chi connectivity index (χ3v) is 5.23. The summed E-state index contributed by atoms with van der Waals surface area (Å²) in [6.45, 7) is 1.06. The number of hydrogen-bond acceptors (Lipinski definition) is 10. The van der Waals surface area contributed by atoms with Gasteiger partial charge in [-0.1, -0.05) is 11.2 Å². The van der Waals surface area contributed by atoms with Crippen LogP contribution in [-0.2, 0) is 9.47 Å². The number of aromatic nitrogens is 4. The van der Waals surface area contributed by atoms with Gasteiger partial charge in [0.15, 0.2) is 17.9 Å². The molecule has 35 heavy (non-hydrogen) atoms. The first-order valence-electron chi connectivity index (χ1n) is 10.3. The molecule has 15 nitrogen and oxygen atoms in total. The quantitative estimate of drug-likeness (QED) is 0.177. The van der Waals surface area contributed by atoms with Crippen molar-refractivity contribution >= 4 is 5.82 Å². The second-order valence-corrected chi connectivity index (χ2v) is 7.59. The summed E-state index contributed by atoms with van der Waals surface area (Å²) in [5, 5.41) is 21.5. The minimum atomic E-state index is -0.788. The third kappa shape index (κ3) is 5.82. The van der Waals surface area contributed by atoms with Crippen molar-refractivity contribution in [3.8, 4) is 0 Å². The molecule has 2 aromatic heterocycles. The number of ether oxygens (including phenoxy) is 2. The Morgan fingerprint density at radius 2 is 2.00 bits per heavy atom. The highest BCUT2D eigenvalue weighted by molar-refractivity contribution is 5.26. The zero-order valence-electron chi connectivity index (χ0n) is 18.4. The van der Waals surface area contributed by atoms with E-state index in [1.54, 1.807) is 19.1 Å². The van der Waals surface area contributed by atoms with Gasteiger partial charge in [-0.05, 0) is 18.5 Å². The number of aryl methyl sites for hydroxylation is 1. The minimum Gasteiger partial charge on any atom is -0.394 e. The Morgan fingerprint density at radius 3 is 2.63 bits per heavy atom. The summed E-state index contributed by atoms with van der Waals surface area (Å²) in [5.74, 6) is -1.23. The Morgan fingerprint density at radius 1 is 1.26 bits per heavy atom. The van der Waals surface area contributed by atoms with Crippen LogP contribution >= 0.6 is 0 Å².